The van der Waals surface area contributed by atoms with E-state index >= 15 is 0 Å². The van der Waals surface area contributed by atoms with Gasteiger partial charge in [-0.25, -0.2) is 9.59 Å². The third-order valence-electron chi connectivity index (χ3n) is 3.26. The maximum absolute atomic E-state index is 12.6. The topological polar surface area (TPSA) is 110 Å². The molecule has 0 spiro atoms. The summed E-state index contributed by atoms with van der Waals surface area (Å²) >= 11 is 7.41. The second kappa shape index (κ2) is 8.98. The van der Waals surface area contributed by atoms with Crippen molar-refractivity contribution in [2.75, 3.05) is 11.9 Å². The SMILES string of the molecule is CCOC(=O)c1sc(NC(=O)c2n[nH]c(Br)c2Br)c(C(=O)OC(C)C)c1C. The molecule has 1 amide bonds. The van der Waals surface area contributed by atoms with Crippen molar-refractivity contribution in [3.8, 4) is 0 Å². The molecule has 0 aliphatic carbocycles. The molecule has 0 bridgehead atoms. The van der Waals surface area contributed by atoms with Gasteiger partial charge in [0, 0.05) is 0 Å². The van der Waals surface area contributed by atoms with E-state index in [1.165, 1.54) is 0 Å². The Balaban J connectivity index is 2.45. The van der Waals surface area contributed by atoms with Crippen molar-refractivity contribution in [2.45, 2.75) is 33.8 Å². The molecule has 0 aliphatic heterocycles. The number of carbonyl (C=O) groups excluding carboxylic acids is 3. The lowest BCUT2D eigenvalue weighted by molar-refractivity contribution is 0.0379. The van der Waals surface area contributed by atoms with Crippen LogP contribution in [0.4, 0.5) is 5.00 Å². The van der Waals surface area contributed by atoms with Crippen LogP contribution in [-0.4, -0.2) is 40.8 Å². The molecule has 146 valence electrons. The lowest BCUT2D eigenvalue weighted by Crippen LogP contribution is -2.17. The molecule has 0 saturated carbocycles. The molecule has 27 heavy (non-hydrogen) atoms. The van der Waals surface area contributed by atoms with Crippen molar-refractivity contribution in [2.24, 2.45) is 0 Å². The predicted octanol–water partition coefficient (Wildman–Crippen LogP) is 4.30. The van der Waals surface area contributed by atoms with E-state index in [0.29, 0.717) is 14.6 Å². The molecular weight excluding hydrogens is 506 g/mol. The highest BCUT2D eigenvalue weighted by molar-refractivity contribution is 9.13. The second-order valence-electron chi connectivity index (χ2n) is 5.59. The van der Waals surface area contributed by atoms with Gasteiger partial charge < -0.3 is 14.8 Å². The molecule has 8 nitrogen and oxygen atoms in total. The highest BCUT2D eigenvalue weighted by Crippen LogP contribution is 2.35. The number of hydrogen-bond acceptors (Lipinski definition) is 7. The van der Waals surface area contributed by atoms with Crippen LogP contribution in [0.2, 0.25) is 0 Å². The highest BCUT2D eigenvalue weighted by atomic mass is 79.9. The van der Waals surface area contributed by atoms with Gasteiger partial charge in [0.05, 0.1) is 22.7 Å². The van der Waals surface area contributed by atoms with Gasteiger partial charge in [-0.1, -0.05) is 0 Å². The first-order chi connectivity index (χ1) is 12.7. The first-order valence-electron chi connectivity index (χ1n) is 7.89. The van der Waals surface area contributed by atoms with Crippen molar-refractivity contribution >= 4 is 66.0 Å². The summed E-state index contributed by atoms with van der Waals surface area (Å²) in [4.78, 5) is 37.5. The Hall–Kier alpha value is -1.72. The molecule has 2 aromatic heterocycles. The van der Waals surface area contributed by atoms with Crippen LogP contribution >= 0.6 is 43.2 Å². The lowest BCUT2D eigenvalue weighted by Gasteiger charge is -2.10. The van der Waals surface area contributed by atoms with Crippen molar-refractivity contribution in [3.05, 3.63) is 30.8 Å². The van der Waals surface area contributed by atoms with E-state index < -0.39 is 17.8 Å². The Bertz CT molecular complexity index is 891. The zero-order chi connectivity index (χ0) is 20.3. The van der Waals surface area contributed by atoms with E-state index in [1.807, 2.05) is 0 Å². The number of aromatic amines is 1. The summed E-state index contributed by atoms with van der Waals surface area (Å²) in [5.41, 5.74) is 0.603. The third-order valence-corrected chi connectivity index (χ3v) is 6.33. The van der Waals surface area contributed by atoms with Gasteiger partial charge in [-0.05, 0) is 65.1 Å². The number of nitrogens with zero attached hydrogens (tertiary/aromatic N) is 1. The summed E-state index contributed by atoms with van der Waals surface area (Å²) in [5, 5.41) is 9.33. The van der Waals surface area contributed by atoms with Crippen LogP contribution in [0.15, 0.2) is 9.08 Å². The molecule has 2 aromatic rings. The van der Waals surface area contributed by atoms with E-state index in [2.05, 4.69) is 47.4 Å². The number of rotatable bonds is 6. The van der Waals surface area contributed by atoms with Crippen molar-refractivity contribution in [3.63, 3.8) is 0 Å². The lowest BCUT2D eigenvalue weighted by atomic mass is 10.1. The number of anilines is 1. The van der Waals surface area contributed by atoms with Gasteiger partial charge in [0.15, 0.2) is 5.69 Å². The fraction of sp³-hybridized carbons (Fsp3) is 0.375. The quantitative estimate of drug-likeness (QED) is 0.547. The number of nitrogens with one attached hydrogen (secondary N) is 2. The predicted molar refractivity (Wildman–Crippen MR) is 108 cm³/mol. The van der Waals surface area contributed by atoms with E-state index in [0.717, 1.165) is 11.3 Å². The molecule has 2 heterocycles. The molecule has 0 aliphatic rings. The summed E-state index contributed by atoms with van der Waals surface area (Å²) in [7, 11) is 0. The van der Waals surface area contributed by atoms with Gasteiger partial charge in [0.2, 0.25) is 0 Å². The number of esters is 2. The van der Waals surface area contributed by atoms with Gasteiger partial charge in [0.25, 0.3) is 5.91 Å². The minimum atomic E-state index is -0.633. The molecule has 0 atom stereocenters. The van der Waals surface area contributed by atoms with Gasteiger partial charge in [-0.2, -0.15) is 5.10 Å². The Labute approximate surface area is 176 Å². The first-order valence-corrected chi connectivity index (χ1v) is 10.3. The standard InChI is InChI=1S/C16H17Br2N3O5S/c1-5-25-16(24)11-7(4)8(15(23)26-6(2)3)14(27-11)19-13(22)10-9(17)12(18)21-20-10/h6H,5H2,1-4H3,(H,19,22)(H,20,21). The molecular formula is C16H17Br2N3O5S. The third kappa shape index (κ3) is 4.77. The maximum atomic E-state index is 12.6. The van der Waals surface area contributed by atoms with Gasteiger partial charge in [-0.15, -0.1) is 11.3 Å². The molecule has 2 rings (SSSR count). The fourth-order valence-electron chi connectivity index (χ4n) is 2.13. The Morgan fingerprint density at radius 3 is 2.44 bits per heavy atom. The number of aromatic nitrogens is 2. The first kappa shape index (κ1) is 21.6. The Kier molecular flexibility index (Phi) is 7.18. The van der Waals surface area contributed by atoms with Crippen LogP contribution in [0, 0.1) is 6.92 Å². The molecule has 11 heteroatoms. The number of H-pyrrole nitrogens is 1. The average molecular weight is 523 g/mol. The number of halogens is 2. The Morgan fingerprint density at radius 2 is 1.93 bits per heavy atom. The molecule has 0 saturated heterocycles. The van der Waals surface area contributed by atoms with E-state index in [-0.39, 0.29) is 33.8 Å². The van der Waals surface area contributed by atoms with E-state index in [1.54, 1.807) is 27.7 Å². The summed E-state index contributed by atoms with van der Waals surface area (Å²) in [6, 6.07) is 0. The van der Waals surface area contributed by atoms with Crippen LogP contribution in [0.1, 0.15) is 56.9 Å². The summed E-state index contributed by atoms with van der Waals surface area (Å²) in [6.45, 7) is 6.91. The number of amides is 1. The summed E-state index contributed by atoms with van der Waals surface area (Å²) < 4.78 is 11.2. The minimum Gasteiger partial charge on any atom is -0.462 e. The zero-order valence-electron chi connectivity index (χ0n) is 14.9. The number of hydrogen-bond donors (Lipinski definition) is 2. The minimum absolute atomic E-state index is 0.0915. The van der Waals surface area contributed by atoms with Gasteiger partial charge in [0.1, 0.15) is 14.5 Å². The average Bonchev–Trinajstić information content (AvgIpc) is 3.07. The molecule has 0 radical (unpaired) electrons. The van der Waals surface area contributed by atoms with Crippen molar-refractivity contribution < 1.29 is 23.9 Å². The van der Waals surface area contributed by atoms with Gasteiger partial charge in [-0.3, -0.25) is 9.89 Å². The molecule has 0 fully saturated rings. The van der Waals surface area contributed by atoms with E-state index in [4.69, 9.17) is 9.47 Å². The van der Waals surface area contributed by atoms with Crippen molar-refractivity contribution in [1.82, 2.24) is 10.2 Å². The van der Waals surface area contributed by atoms with Crippen LogP contribution < -0.4 is 5.32 Å². The van der Waals surface area contributed by atoms with E-state index in [9.17, 15) is 14.4 Å². The van der Waals surface area contributed by atoms with Gasteiger partial charge >= 0.3 is 11.9 Å². The zero-order valence-corrected chi connectivity index (χ0v) is 18.9. The smallest absolute Gasteiger partial charge is 0.348 e. The number of ether oxygens (including phenoxy) is 2. The number of thiophene rings is 1. The Morgan fingerprint density at radius 1 is 1.26 bits per heavy atom. The second-order valence-corrected chi connectivity index (χ2v) is 8.20. The highest BCUT2D eigenvalue weighted by Gasteiger charge is 2.29. The fourth-order valence-corrected chi connectivity index (χ4v) is 3.85. The van der Waals surface area contributed by atoms with Crippen LogP contribution in [0.5, 0.6) is 0 Å². The summed E-state index contributed by atoms with van der Waals surface area (Å²) in [6.07, 6.45) is -0.358. The summed E-state index contributed by atoms with van der Waals surface area (Å²) in [5.74, 6) is -1.76. The monoisotopic (exact) mass is 521 g/mol. The normalized spacial score (nSPS) is 10.8. The largest absolute Gasteiger partial charge is 0.462 e. The van der Waals surface area contributed by atoms with Crippen LogP contribution in [-0.2, 0) is 9.47 Å². The van der Waals surface area contributed by atoms with Crippen LogP contribution in [0.25, 0.3) is 0 Å². The molecule has 2 N–H and O–H groups in total. The van der Waals surface area contributed by atoms with Crippen LogP contribution in [0.3, 0.4) is 0 Å². The number of carbonyl (C=O) groups is 3. The van der Waals surface area contributed by atoms with Crippen molar-refractivity contribution in [1.29, 1.82) is 0 Å². The maximum Gasteiger partial charge on any atom is 0.348 e. The molecule has 0 unspecified atom stereocenters. The molecule has 0 aromatic carbocycles.